The van der Waals surface area contributed by atoms with Gasteiger partial charge < -0.3 is 13.9 Å². The Labute approximate surface area is 141 Å². The van der Waals surface area contributed by atoms with E-state index in [2.05, 4.69) is 22.3 Å². The van der Waals surface area contributed by atoms with Crippen LogP contribution in [-0.2, 0) is 9.47 Å². The third-order valence-corrected chi connectivity index (χ3v) is 5.97. The van der Waals surface area contributed by atoms with E-state index in [0.717, 1.165) is 50.9 Å². The van der Waals surface area contributed by atoms with Gasteiger partial charge in [-0.3, -0.25) is 0 Å². The minimum Gasteiger partial charge on any atom is -0.425 e. The van der Waals surface area contributed by atoms with Gasteiger partial charge in [0.15, 0.2) is 0 Å². The lowest BCUT2D eigenvalue weighted by atomic mass is 9.94. The van der Waals surface area contributed by atoms with E-state index in [1.165, 1.54) is 12.0 Å². The lowest BCUT2D eigenvalue weighted by Crippen LogP contribution is -2.18. The first kappa shape index (κ1) is 14.6. The Hall–Kier alpha value is -1.72. The zero-order valence-electron chi connectivity index (χ0n) is 13.7. The monoisotopic (exact) mass is 326 g/mol. The van der Waals surface area contributed by atoms with E-state index >= 15 is 0 Å². The number of nitrogens with zero attached hydrogens (tertiary/aromatic N) is 2. The van der Waals surface area contributed by atoms with Crippen molar-refractivity contribution < 1.29 is 13.9 Å². The van der Waals surface area contributed by atoms with Crippen LogP contribution < -0.4 is 0 Å². The molecule has 3 atom stereocenters. The van der Waals surface area contributed by atoms with Gasteiger partial charge in [-0.2, -0.15) is 0 Å². The number of hydrogen-bond acceptors (Lipinski definition) is 5. The Morgan fingerprint density at radius 1 is 0.958 bits per heavy atom. The third kappa shape index (κ3) is 2.38. The van der Waals surface area contributed by atoms with Gasteiger partial charge in [0.1, 0.15) is 0 Å². The summed E-state index contributed by atoms with van der Waals surface area (Å²) in [7, 11) is 0. The van der Waals surface area contributed by atoms with E-state index in [1.807, 2.05) is 18.2 Å². The summed E-state index contributed by atoms with van der Waals surface area (Å²) >= 11 is 0. The lowest BCUT2D eigenvalue weighted by molar-refractivity contribution is 0.0545. The molecule has 2 aromatic rings. The molecule has 1 aromatic heterocycles. The summed E-state index contributed by atoms with van der Waals surface area (Å²) < 4.78 is 17.6. The van der Waals surface area contributed by atoms with Crippen molar-refractivity contribution in [1.29, 1.82) is 0 Å². The molecule has 5 nitrogen and oxygen atoms in total. The van der Waals surface area contributed by atoms with Crippen molar-refractivity contribution in [1.82, 2.24) is 10.2 Å². The van der Waals surface area contributed by atoms with Crippen LogP contribution in [0.5, 0.6) is 0 Å². The maximum atomic E-state index is 6.13. The molecule has 0 N–H and O–H groups in total. The first-order valence-corrected chi connectivity index (χ1v) is 8.93. The Morgan fingerprint density at radius 3 is 2.58 bits per heavy atom. The number of rotatable bonds is 3. The van der Waals surface area contributed by atoms with Crippen molar-refractivity contribution in [2.45, 2.75) is 43.6 Å². The van der Waals surface area contributed by atoms with Crippen LogP contribution in [0.25, 0.3) is 0 Å². The Balaban J connectivity index is 1.36. The van der Waals surface area contributed by atoms with Crippen molar-refractivity contribution in [3.05, 3.63) is 47.7 Å². The summed E-state index contributed by atoms with van der Waals surface area (Å²) in [6.07, 6.45) is 4.37. The molecule has 5 rings (SSSR count). The first-order valence-electron chi connectivity index (χ1n) is 8.93. The highest BCUT2D eigenvalue weighted by atomic mass is 16.5. The maximum absolute atomic E-state index is 6.13. The second kappa shape index (κ2) is 5.67. The zero-order chi connectivity index (χ0) is 16.0. The molecule has 1 aliphatic carbocycles. The molecule has 3 aliphatic rings. The molecule has 0 radical (unpaired) electrons. The number of aromatic nitrogens is 2. The molecular weight excluding hydrogens is 304 g/mol. The summed E-state index contributed by atoms with van der Waals surface area (Å²) in [5.74, 6) is 2.16. The smallest absolute Gasteiger partial charge is 0.222 e. The Morgan fingerprint density at radius 2 is 1.75 bits per heavy atom. The van der Waals surface area contributed by atoms with Gasteiger partial charge in [-0.15, -0.1) is 10.2 Å². The van der Waals surface area contributed by atoms with Crippen LogP contribution in [0.2, 0.25) is 0 Å². The number of hydrogen-bond donors (Lipinski definition) is 0. The molecule has 3 heterocycles. The molecule has 2 saturated heterocycles. The van der Waals surface area contributed by atoms with Crippen LogP contribution in [0.4, 0.5) is 0 Å². The third-order valence-electron chi connectivity index (χ3n) is 5.97. The number of ether oxygens (including phenoxy) is 2. The molecule has 1 spiro atoms. The van der Waals surface area contributed by atoms with Crippen molar-refractivity contribution >= 4 is 0 Å². The Kier molecular flexibility index (Phi) is 3.45. The topological polar surface area (TPSA) is 57.4 Å². The largest absolute Gasteiger partial charge is 0.425 e. The lowest BCUT2D eigenvalue weighted by Gasteiger charge is -2.21. The van der Waals surface area contributed by atoms with E-state index in [-0.39, 0.29) is 12.0 Å². The molecule has 2 aliphatic heterocycles. The fraction of sp³-hybridized carbons (Fsp3) is 0.579. The predicted octanol–water partition coefficient (Wildman–Crippen LogP) is 3.60. The molecule has 3 fully saturated rings. The van der Waals surface area contributed by atoms with E-state index in [0.29, 0.717) is 11.3 Å². The standard InChI is InChI=1S/C19H22N2O3/c1-2-4-13(5-3-1)16-14(6-9-23-16)17-20-21-18(24-17)15-12-19(15)7-10-22-11-8-19/h1-5,14-16H,6-12H2/t14-,15-,16+/m0/s1. The SMILES string of the molecule is c1ccc([C@H]2OCC[C@@H]2c2nnc([C@@H]3CC34CCOCC4)o2)cc1. The van der Waals surface area contributed by atoms with Gasteiger partial charge in [0, 0.05) is 25.7 Å². The molecular formula is C19H22N2O3. The van der Waals surface area contributed by atoms with Gasteiger partial charge in [0.05, 0.1) is 12.0 Å². The van der Waals surface area contributed by atoms with Crippen molar-refractivity contribution in [2.24, 2.45) is 5.41 Å². The molecule has 0 unspecified atom stereocenters. The molecule has 1 aromatic carbocycles. The van der Waals surface area contributed by atoms with Gasteiger partial charge in [-0.05, 0) is 36.7 Å². The first-order chi connectivity index (χ1) is 11.9. The van der Waals surface area contributed by atoms with Gasteiger partial charge in [0.2, 0.25) is 11.8 Å². The minimum atomic E-state index is 0.0238. The minimum absolute atomic E-state index is 0.0238. The summed E-state index contributed by atoms with van der Waals surface area (Å²) in [5.41, 5.74) is 1.56. The number of benzene rings is 1. The van der Waals surface area contributed by atoms with Crippen LogP contribution in [0, 0.1) is 5.41 Å². The molecule has 24 heavy (non-hydrogen) atoms. The van der Waals surface area contributed by atoms with Crippen LogP contribution >= 0.6 is 0 Å². The second-order valence-electron chi connectivity index (χ2n) is 7.31. The average molecular weight is 326 g/mol. The maximum Gasteiger partial charge on any atom is 0.222 e. The fourth-order valence-electron chi connectivity index (χ4n) is 4.38. The second-order valence-corrected chi connectivity index (χ2v) is 7.31. The van der Waals surface area contributed by atoms with Gasteiger partial charge in [0.25, 0.3) is 0 Å². The van der Waals surface area contributed by atoms with Crippen LogP contribution in [0.15, 0.2) is 34.7 Å². The van der Waals surface area contributed by atoms with Crippen LogP contribution in [-0.4, -0.2) is 30.0 Å². The van der Waals surface area contributed by atoms with Crippen LogP contribution in [0.3, 0.4) is 0 Å². The van der Waals surface area contributed by atoms with Crippen LogP contribution in [0.1, 0.15) is 61.0 Å². The van der Waals surface area contributed by atoms with Gasteiger partial charge in [-0.25, -0.2) is 0 Å². The molecule has 126 valence electrons. The highest BCUT2D eigenvalue weighted by Gasteiger charge is 2.57. The molecule has 0 amide bonds. The highest BCUT2D eigenvalue weighted by molar-refractivity contribution is 5.22. The summed E-state index contributed by atoms with van der Waals surface area (Å²) in [5, 5.41) is 8.77. The summed E-state index contributed by atoms with van der Waals surface area (Å²) in [6, 6.07) is 10.3. The van der Waals surface area contributed by atoms with E-state index in [9.17, 15) is 0 Å². The highest BCUT2D eigenvalue weighted by Crippen LogP contribution is 2.64. The van der Waals surface area contributed by atoms with E-state index < -0.39 is 0 Å². The normalized spacial score (nSPS) is 31.4. The van der Waals surface area contributed by atoms with Crippen molar-refractivity contribution in [2.75, 3.05) is 19.8 Å². The molecule has 1 saturated carbocycles. The van der Waals surface area contributed by atoms with Gasteiger partial charge >= 0.3 is 0 Å². The summed E-state index contributed by atoms with van der Waals surface area (Å²) in [4.78, 5) is 0. The Bertz CT molecular complexity index is 708. The quantitative estimate of drug-likeness (QED) is 0.862. The van der Waals surface area contributed by atoms with Crippen molar-refractivity contribution in [3.8, 4) is 0 Å². The van der Waals surface area contributed by atoms with Gasteiger partial charge in [-0.1, -0.05) is 30.3 Å². The van der Waals surface area contributed by atoms with E-state index in [1.54, 1.807) is 0 Å². The van der Waals surface area contributed by atoms with Crippen molar-refractivity contribution in [3.63, 3.8) is 0 Å². The average Bonchev–Trinajstić information content (AvgIpc) is 3.03. The molecule has 5 heteroatoms. The predicted molar refractivity (Wildman–Crippen MR) is 86.6 cm³/mol. The fourth-order valence-corrected chi connectivity index (χ4v) is 4.38. The zero-order valence-corrected chi connectivity index (χ0v) is 13.7. The molecule has 0 bridgehead atoms. The van der Waals surface area contributed by atoms with E-state index in [4.69, 9.17) is 13.9 Å². The summed E-state index contributed by atoms with van der Waals surface area (Å²) in [6.45, 7) is 2.47.